The van der Waals surface area contributed by atoms with Crippen molar-refractivity contribution >= 4 is 11.9 Å². The van der Waals surface area contributed by atoms with Gasteiger partial charge in [-0.2, -0.15) is 15.0 Å². The number of hydrogen-bond donors (Lipinski definition) is 2. The second-order valence-corrected chi connectivity index (χ2v) is 4.10. The van der Waals surface area contributed by atoms with Crippen LogP contribution in [0.25, 0.3) is 0 Å². The van der Waals surface area contributed by atoms with E-state index in [9.17, 15) is 0 Å². The lowest BCUT2D eigenvalue weighted by molar-refractivity contribution is -0.0819. The normalized spacial score (nSPS) is 19.1. The van der Waals surface area contributed by atoms with Crippen molar-refractivity contribution in [3.63, 3.8) is 0 Å². The van der Waals surface area contributed by atoms with Gasteiger partial charge in [0, 0.05) is 6.54 Å². The number of anilines is 2. The number of nitrogen functional groups attached to an aromatic ring is 1. The van der Waals surface area contributed by atoms with Crippen LogP contribution in [0.15, 0.2) is 0 Å². The summed E-state index contributed by atoms with van der Waals surface area (Å²) in [5.74, 6) is 0.511. The van der Waals surface area contributed by atoms with Gasteiger partial charge in [-0.15, -0.1) is 0 Å². The summed E-state index contributed by atoms with van der Waals surface area (Å²) in [7, 11) is 0. The van der Waals surface area contributed by atoms with E-state index >= 15 is 0 Å². The van der Waals surface area contributed by atoms with Crippen molar-refractivity contribution in [2.45, 2.75) is 19.4 Å². The molecule has 1 saturated heterocycles. The highest BCUT2D eigenvalue weighted by Crippen LogP contribution is 2.10. The fourth-order valence-electron chi connectivity index (χ4n) is 1.57. The Balaban J connectivity index is 1.89. The standard InChI is InChI=1S/C11H19N5O3/c1-2-3-19-11-15-9(12)14-10(16-11)13-6-8-7-17-4-5-18-8/h8H,2-7H2,1H3,(H3,12,13,14,15,16). The number of hydrogen-bond acceptors (Lipinski definition) is 8. The van der Waals surface area contributed by atoms with Crippen LogP contribution in [-0.4, -0.2) is 54.0 Å². The molecular formula is C11H19N5O3. The van der Waals surface area contributed by atoms with E-state index in [0.717, 1.165) is 6.42 Å². The lowest BCUT2D eigenvalue weighted by Crippen LogP contribution is -2.34. The second kappa shape index (κ2) is 7.05. The molecule has 106 valence electrons. The van der Waals surface area contributed by atoms with Gasteiger partial charge in [0.1, 0.15) is 0 Å². The van der Waals surface area contributed by atoms with E-state index in [1.54, 1.807) is 0 Å². The molecule has 8 heteroatoms. The number of nitrogens with zero attached hydrogens (tertiary/aromatic N) is 3. The van der Waals surface area contributed by atoms with Crippen molar-refractivity contribution in [1.82, 2.24) is 15.0 Å². The molecule has 1 aliphatic heterocycles. The van der Waals surface area contributed by atoms with Crippen LogP contribution < -0.4 is 15.8 Å². The summed E-state index contributed by atoms with van der Waals surface area (Å²) >= 11 is 0. The van der Waals surface area contributed by atoms with Crippen LogP contribution in [0.5, 0.6) is 6.01 Å². The van der Waals surface area contributed by atoms with Gasteiger partial charge in [0.2, 0.25) is 11.9 Å². The summed E-state index contributed by atoms with van der Waals surface area (Å²) in [5.41, 5.74) is 5.60. The predicted octanol–water partition coefficient (Wildman–Crippen LogP) is 0.0699. The molecule has 19 heavy (non-hydrogen) atoms. The van der Waals surface area contributed by atoms with Gasteiger partial charge < -0.3 is 25.3 Å². The highest BCUT2D eigenvalue weighted by atomic mass is 16.6. The third kappa shape index (κ3) is 4.49. The van der Waals surface area contributed by atoms with Gasteiger partial charge >= 0.3 is 6.01 Å². The molecular weight excluding hydrogens is 250 g/mol. The van der Waals surface area contributed by atoms with E-state index in [2.05, 4.69) is 20.3 Å². The Morgan fingerprint density at radius 3 is 3.00 bits per heavy atom. The lowest BCUT2D eigenvalue weighted by Gasteiger charge is -2.23. The summed E-state index contributed by atoms with van der Waals surface area (Å²) in [5, 5.41) is 3.04. The van der Waals surface area contributed by atoms with Crippen molar-refractivity contribution in [3.05, 3.63) is 0 Å². The number of ether oxygens (including phenoxy) is 3. The van der Waals surface area contributed by atoms with Gasteiger partial charge in [0.05, 0.1) is 32.5 Å². The van der Waals surface area contributed by atoms with Crippen LogP contribution >= 0.6 is 0 Å². The van der Waals surface area contributed by atoms with Crippen LogP contribution in [0.4, 0.5) is 11.9 Å². The van der Waals surface area contributed by atoms with E-state index in [0.29, 0.717) is 38.9 Å². The number of rotatable bonds is 6. The van der Waals surface area contributed by atoms with Gasteiger partial charge in [0.15, 0.2) is 0 Å². The number of nitrogens with two attached hydrogens (primary N) is 1. The Kier molecular flexibility index (Phi) is 5.10. The van der Waals surface area contributed by atoms with Crippen molar-refractivity contribution in [2.75, 3.05) is 44.0 Å². The summed E-state index contributed by atoms with van der Waals surface area (Å²) in [6.07, 6.45) is 0.869. The summed E-state index contributed by atoms with van der Waals surface area (Å²) in [6.45, 7) is 4.91. The van der Waals surface area contributed by atoms with E-state index in [1.165, 1.54) is 0 Å². The largest absolute Gasteiger partial charge is 0.463 e. The Morgan fingerprint density at radius 1 is 1.37 bits per heavy atom. The van der Waals surface area contributed by atoms with Crippen molar-refractivity contribution in [3.8, 4) is 6.01 Å². The summed E-state index contributed by atoms with van der Waals surface area (Å²) in [4.78, 5) is 12.0. The highest BCUT2D eigenvalue weighted by molar-refractivity contribution is 5.32. The van der Waals surface area contributed by atoms with Crippen LogP contribution in [0.3, 0.4) is 0 Å². The smallest absolute Gasteiger partial charge is 0.323 e. The van der Waals surface area contributed by atoms with Gasteiger partial charge in [-0.1, -0.05) is 6.92 Å². The fourth-order valence-corrected chi connectivity index (χ4v) is 1.57. The van der Waals surface area contributed by atoms with Gasteiger partial charge in [0.25, 0.3) is 0 Å². The third-order valence-corrected chi connectivity index (χ3v) is 2.44. The molecule has 1 unspecified atom stereocenters. The molecule has 2 rings (SSSR count). The van der Waals surface area contributed by atoms with Crippen LogP contribution in [-0.2, 0) is 9.47 Å². The minimum absolute atomic E-state index is 0.00764. The van der Waals surface area contributed by atoms with Gasteiger partial charge in [-0.3, -0.25) is 0 Å². The Morgan fingerprint density at radius 2 is 2.26 bits per heavy atom. The molecule has 0 aromatic carbocycles. The monoisotopic (exact) mass is 269 g/mol. The van der Waals surface area contributed by atoms with Crippen LogP contribution in [0.1, 0.15) is 13.3 Å². The quantitative estimate of drug-likeness (QED) is 0.747. The number of nitrogens with one attached hydrogen (secondary N) is 1. The predicted molar refractivity (Wildman–Crippen MR) is 69.1 cm³/mol. The zero-order valence-corrected chi connectivity index (χ0v) is 11.0. The average molecular weight is 269 g/mol. The first-order valence-corrected chi connectivity index (χ1v) is 6.35. The maximum absolute atomic E-state index is 5.60. The molecule has 0 saturated carbocycles. The first-order chi connectivity index (χ1) is 9.28. The topological polar surface area (TPSA) is 104 Å². The molecule has 0 amide bonds. The van der Waals surface area contributed by atoms with Crippen LogP contribution in [0.2, 0.25) is 0 Å². The Bertz CT molecular complexity index is 398. The molecule has 0 spiro atoms. The van der Waals surface area contributed by atoms with E-state index in [1.807, 2.05) is 6.92 Å². The fraction of sp³-hybridized carbons (Fsp3) is 0.727. The molecule has 0 bridgehead atoms. The zero-order valence-electron chi connectivity index (χ0n) is 11.0. The molecule has 2 heterocycles. The molecule has 1 atom stereocenters. The molecule has 0 aliphatic carbocycles. The molecule has 1 aromatic rings. The molecule has 8 nitrogen and oxygen atoms in total. The molecule has 1 fully saturated rings. The van der Waals surface area contributed by atoms with E-state index < -0.39 is 0 Å². The van der Waals surface area contributed by atoms with Crippen molar-refractivity contribution in [1.29, 1.82) is 0 Å². The first kappa shape index (κ1) is 13.8. The van der Waals surface area contributed by atoms with Crippen molar-refractivity contribution < 1.29 is 14.2 Å². The first-order valence-electron chi connectivity index (χ1n) is 6.35. The SMILES string of the molecule is CCCOc1nc(N)nc(NCC2COCCO2)n1. The molecule has 1 aromatic heterocycles. The van der Waals surface area contributed by atoms with Gasteiger partial charge in [-0.05, 0) is 6.42 Å². The summed E-state index contributed by atoms with van der Waals surface area (Å²) in [6, 6.07) is 0.234. The van der Waals surface area contributed by atoms with Crippen molar-refractivity contribution in [2.24, 2.45) is 0 Å². The van der Waals surface area contributed by atoms with E-state index in [-0.39, 0.29) is 18.1 Å². The maximum atomic E-state index is 5.60. The average Bonchev–Trinajstić information content (AvgIpc) is 2.43. The zero-order chi connectivity index (χ0) is 13.5. The Labute approximate surface area is 111 Å². The number of aromatic nitrogens is 3. The Hall–Kier alpha value is -1.67. The minimum Gasteiger partial charge on any atom is -0.463 e. The minimum atomic E-state index is -0.00764. The maximum Gasteiger partial charge on any atom is 0.323 e. The second-order valence-electron chi connectivity index (χ2n) is 4.10. The van der Waals surface area contributed by atoms with Gasteiger partial charge in [-0.25, -0.2) is 0 Å². The lowest BCUT2D eigenvalue weighted by atomic mass is 10.3. The summed E-state index contributed by atoms with van der Waals surface area (Å²) < 4.78 is 16.1. The molecule has 1 aliphatic rings. The van der Waals surface area contributed by atoms with Crippen LogP contribution in [0, 0.1) is 0 Å². The van der Waals surface area contributed by atoms with E-state index in [4.69, 9.17) is 19.9 Å². The molecule has 3 N–H and O–H groups in total. The highest BCUT2D eigenvalue weighted by Gasteiger charge is 2.15. The molecule has 0 radical (unpaired) electrons. The third-order valence-electron chi connectivity index (χ3n) is 2.44.